The van der Waals surface area contributed by atoms with E-state index in [0.29, 0.717) is 29.7 Å². The molecule has 28 heavy (non-hydrogen) atoms. The van der Waals surface area contributed by atoms with E-state index in [1.54, 1.807) is 36.3 Å². The van der Waals surface area contributed by atoms with Crippen LogP contribution in [0.2, 0.25) is 0 Å². The highest BCUT2D eigenvalue weighted by molar-refractivity contribution is 5.94. The van der Waals surface area contributed by atoms with Gasteiger partial charge in [0.15, 0.2) is 5.82 Å². The molecule has 1 aliphatic heterocycles. The first-order valence-corrected chi connectivity index (χ1v) is 9.29. The van der Waals surface area contributed by atoms with Gasteiger partial charge in [-0.3, -0.25) is 9.48 Å². The van der Waals surface area contributed by atoms with Gasteiger partial charge in [-0.25, -0.2) is 4.98 Å². The summed E-state index contributed by atoms with van der Waals surface area (Å²) in [5, 5.41) is 8.30. The fraction of sp³-hybridized carbons (Fsp3) is 0.421. The summed E-state index contributed by atoms with van der Waals surface area (Å²) in [7, 11) is 3.38. The molecule has 0 N–H and O–H groups in total. The number of aromatic nitrogens is 5. The van der Waals surface area contributed by atoms with Gasteiger partial charge in [0, 0.05) is 32.1 Å². The van der Waals surface area contributed by atoms with Crippen LogP contribution in [0.3, 0.4) is 0 Å². The van der Waals surface area contributed by atoms with Crippen molar-refractivity contribution in [2.75, 3.05) is 13.7 Å². The number of nitrogens with zero attached hydrogens (tertiary/aromatic N) is 6. The van der Waals surface area contributed by atoms with Gasteiger partial charge in [-0.15, -0.1) is 0 Å². The largest absolute Gasteiger partial charge is 0.481 e. The Morgan fingerprint density at radius 2 is 2.14 bits per heavy atom. The Hall–Kier alpha value is -3.23. The molecule has 1 amide bonds. The van der Waals surface area contributed by atoms with Crippen molar-refractivity contribution in [3.63, 3.8) is 0 Å². The van der Waals surface area contributed by atoms with Crippen LogP contribution in [0.4, 0.5) is 0 Å². The van der Waals surface area contributed by atoms with E-state index < -0.39 is 0 Å². The first kappa shape index (κ1) is 18.1. The van der Waals surface area contributed by atoms with Gasteiger partial charge in [-0.2, -0.15) is 10.1 Å². The van der Waals surface area contributed by atoms with E-state index in [1.807, 2.05) is 18.1 Å². The highest BCUT2D eigenvalue weighted by atomic mass is 16.5. The summed E-state index contributed by atoms with van der Waals surface area (Å²) in [5.41, 5.74) is 1.27. The van der Waals surface area contributed by atoms with Crippen LogP contribution in [0.15, 0.2) is 35.2 Å². The topological polar surface area (TPSA) is 99.2 Å². The Labute approximate surface area is 162 Å². The van der Waals surface area contributed by atoms with E-state index in [-0.39, 0.29) is 11.9 Å². The SMILES string of the molecule is COc1ccc(C(=O)N2CCCCCC2c2noc(-c3cnn(C)c3)n2)cn1. The Kier molecular flexibility index (Phi) is 5.05. The number of hydrogen-bond acceptors (Lipinski definition) is 7. The van der Waals surface area contributed by atoms with Gasteiger partial charge in [0.2, 0.25) is 5.88 Å². The lowest BCUT2D eigenvalue weighted by Crippen LogP contribution is -2.35. The minimum Gasteiger partial charge on any atom is -0.481 e. The molecule has 9 heteroatoms. The molecule has 0 radical (unpaired) electrons. The molecule has 1 unspecified atom stereocenters. The quantitative estimate of drug-likeness (QED) is 0.684. The van der Waals surface area contributed by atoms with E-state index in [0.717, 1.165) is 31.2 Å². The molecule has 0 aromatic carbocycles. The normalized spacial score (nSPS) is 17.4. The zero-order valence-electron chi connectivity index (χ0n) is 15.9. The van der Waals surface area contributed by atoms with Crippen LogP contribution >= 0.6 is 0 Å². The average molecular weight is 382 g/mol. The van der Waals surface area contributed by atoms with Crippen LogP contribution in [0.1, 0.15) is 47.9 Å². The second kappa shape index (κ2) is 7.79. The van der Waals surface area contributed by atoms with E-state index in [9.17, 15) is 4.79 Å². The summed E-state index contributed by atoms with van der Waals surface area (Å²) >= 11 is 0. The second-order valence-corrected chi connectivity index (χ2v) is 6.81. The molecular formula is C19H22N6O3. The van der Waals surface area contributed by atoms with Gasteiger partial charge in [-0.05, 0) is 18.9 Å². The maximum atomic E-state index is 13.2. The lowest BCUT2D eigenvalue weighted by Gasteiger charge is -2.27. The van der Waals surface area contributed by atoms with E-state index in [2.05, 4.69) is 20.2 Å². The van der Waals surface area contributed by atoms with Crippen molar-refractivity contribution >= 4 is 5.91 Å². The van der Waals surface area contributed by atoms with Gasteiger partial charge in [0.05, 0.1) is 30.5 Å². The number of amides is 1. The predicted molar refractivity (Wildman–Crippen MR) is 99.5 cm³/mol. The minimum atomic E-state index is -0.230. The molecule has 0 saturated carbocycles. The van der Waals surface area contributed by atoms with Gasteiger partial charge < -0.3 is 14.2 Å². The summed E-state index contributed by atoms with van der Waals surface area (Å²) in [6.45, 7) is 0.645. The van der Waals surface area contributed by atoms with Gasteiger partial charge in [0.25, 0.3) is 11.8 Å². The van der Waals surface area contributed by atoms with Crippen LogP contribution in [-0.4, -0.2) is 49.4 Å². The fourth-order valence-electron chi connectivity index (χ4n) is 3.43. The average Bonchev–Trinajstić information content (AvgIpc) is 3.30. The van der Waals surface area contributed by atoms with Crippen molar-refractivity contribution in [3.05, 3.63) is 42.1 Å². The number of likely N-dealkylation sites (tertiary alicyclic amines) is 1. The van der Waals surface area contributed by atoms with Crippen molar-refractivity contribution in [1.29, 1.82) is 0 Å². The van der Waals surface area contributed by atoms with Crippen LogP contribution in [0, 0.1) is 0 Å². The standard InChI is InChI=1S/C19H22N6O3/c1-24-12-14(11-21-24)18-22-17(23-28-18)15-6-4-3-5-9-25(15)19(26)13-7-8-16(27-2)20-10-13/h7-8,10-12,15H,3-6,9H2,1-2H3. The maximum Gasteiger partial charge on any atom is 0.261 e. The van der Waals surface area contributed by atoms with E-state index in [1.165, 1.54) is 0 Å². The van der Waals surface area contributed by atoms with Crippen molar-refractivity contribution in [2.24, 2.45) is 7.05 Å². The van der Waals surface area contributed by atoms with E-state index in [4.69, 9.17) is 9.26 Å². The van der Waals surface area contributed by atoms with Crippen molar-refractivity contribution in [2.45, 2.75) is 31.7 Å². The minimum absolute atomic E-state index is 0.0882. The molecular weight excluding hydrogens is 360 g/mol. The molecule has 4 rings (SSSR count). The van der Waals surface area contributed by atoms with Gasteiger partial charge in [-0.1, -0.05) is 18.0 Å². The summed E-state index contributed by atoms with van der Waals surface area (Å²) in [6.07, 6.45) is 8.84. The first-order valence-electron chi connectivity index (χ1n) is 9.29. The monoisotopic (exact) mass is 382 g/mol. The molecule has 146 valence electrons. The predicted octanol–water partition coefficient (Wildman–Crippen LogP) is 2.63. The highest BCUT2D eigenvalue weighted by Gasteiger charge is 2.31. The smallest absolute Gasteiger partial charge is 0.261 e. The van der Waals surface area contributed by atoms with Crippen molar-refractivity contribution < 1.29 is 14.1 Å². The number of carbonyl (C=O) groups excluding carboxylic acids is 1. The highest BCUT2D eigenvalue weighted by Crippen LogP contribution is 2.31. The first-order chi connectivity index (χ1) is 13.7. The number of pyridine rings is 1. The summed E-state index contributed by atoms with van der Waals surface area (Å²) < 4.78 is 12.2. The van der Waals surface area contributed by atoms with Crippen molar-refractivity contribution in [3.8, 4) is 17.3 Å². The number of methoxy groups -OCH3 is 1. The van der Waals surface area contributed by atoms with Gasteiger partial charge >= 0.3 is 0 Å². The number of rotatable bonds is 4. The molecule has 9 nitrogen and oxygen atoms in total. The second-order valence-electron chi connectivity index (χ2n) is 6.81. The third-order valence-corrected chi connectivity index (χ3v) is 4.90. The summed E-state index contributed by atoms with van der Waals surface area (Å²) in [4.78, 5) is 23.7. The molecule has 0 spiro atoms. The van der Waals surface area contributed by atoms with Crippen LogP contribution in [0.25, 0.3) is 11.5 Å². The number of hydrogen-bond donors (Lipinski definition) is 0. The molecule has 1 saturated heterocycles. The Bertz CT molecular complexity index is 949. The zero-order valence-corrected chi connectivity index (χ0v) is 15.9. The third-order valence-electron chi connectivity index (χ3n) is 4.90. The van der Waals surface area contributed by atoms with Crippen molar-refractivity contribution in [1.82, 2.24) is 29.8 Å². The van der Waals surface area contributed by atoms with Gasteiger partial charge in [0.1, 0.15) is 0 Å². The number of carbonyl (C=O) groups is 1. The Morgan fingerprint density at radius 1 is 1.25 bits per heavy atom. The van der Waals surface area contributed by atoms with E-state index >= 15 is 0 Å². The fourth-order valence-corrected chi connectivity index (χ4v) is 3.43. The molecule has 0 bridgehead atoms. The molecule has 4 heterocycles. The zero-order chi connectivity index (χ0) is 19.5. The maximum absolute atomic E-state index is 13.2. The van der Waals surface area contributed by atoms with Crippen LogP contribution in [-0.2, 0) is 7.05 Å². The summed E-state index contributed by atoms with van der Waals surface area (Å²) in [6, 6.07) is 3.19. The molecule has 1 atom stereocenters. The Morgan fingerprint density at radius 3 is 2.86 bits per heavy atom. The lowest BCUT2D eigenvalue weighted by molar-refractivity contribution is 0.0670. The molecule has 1 fully saturated rings. The molecule has 3 aromatic rings. The third kappa shape index (κ3) is 3.60. The molecule has 1 aliphatic rings. The Balaban J connectivity index is 1.61. The number of ether oxygens (including phenoxy) is 1. The molecule has 3 aromatic heterocycles. The summed E-state index contributed by atoms with van der Waals surface area (Å²) in [5.74, 6) is 1.32. The lowest BCUT2D eigenvalue weighted by atomic mass is 10.1. The van der Waals surface area contributed by atoms with Crippen LogP contribution in [0.5, 0.6) is 5.88 Å². The van der Waals surface area contributed by atoms with Crippen LogP contribution < -0.4 is 4.74 Å². The molecule has 0 aliphatic carbocycles. The number of aryl methyl sites for hydroxylation is 1.